The number of nitriles is 1. The van der Waals surface area contributed by atoms with E-state index < -0.39 is 0 Å². The lowest BCUT2D eigenvalue weighted by Gasteiger charge is -1.94. The number of carbonyl (C=O) groups excluding carboxylic acids is 1. The molecule has 0 aromatic heterocycles. The van der Waals surface area contributed by atoms with Crippen molar-refractivity contribution in [2.45, 2.75) is 0 Å². The van der Waals surface area contributed by atoms with Crippen molar-refractivity contribution in [1.82, 2.24) is 10.6 Å². The van der Waals surface area contributed by atoms with Gasteiger partial charge in [0.25, 0.3) is 5.91 Å². The molecular formula is C6H9N3O. The number of carbonyl (C=O) groups is 1. The van der Waals surface area contributed by atoms with E-state index in [1.165, 1.54) is 13.2 Å². The fraction of sp³-hybridized carbons (Fsp3) is 0.333. The molecule has 0 saturated heterocycles. The first-order chi connectivity index (χ1) is 4.76. The van der Waals surface area contributed by atoms with Crippen LogP contribution in [0.2, 0.25) is 0 Å². The zero-order chi connectivity index (χ0) is 7.98. The molecular weight excluding hydrogens is 130 g/mol. The maximum Gasteiger partial charge on any atom is 0.263 e. The Balaban J connectivity index is 4.25. The number of likely N-dealkylation sites (N-methyl/N-ethyl adjacent to an activating group) is 1. The third-order valence-corrected chi connectivity index (χ3v) is 0.881. The summed E-state index contributed by atoms with van der Waals surface area (Å²) in [6.45, 7) is 0. The number of amides is 1. The van der Waals surface area contributed by atoms with Crippen LogP contribution in [-0.2, 0) is 4.79 Å². The molecule has 0 fully saturated rings. The number of nitrogens with zero attached hydrogens (tertiary/aromatic N) is 1. The Kier molecular flexibility index (Phi) is 3.73. The summed E-state index contributed by atoms with van der Waals surface area (Å²) in [4.78, 5) is 10.7. The van der Waals surface area contributed by atoms with Crippen molar-refractivity contribution in [2.24, 2.45) is 0 Å². The summed E-state index contributed by atoms with van der Waals surface area (Å²) in [5, 5.41) is 13.3. The molecule has 4 heteroatoms. The highest BCUT2D eigenvalue weighted by atomic mass is 16.1. The molecule has 0 aliphatic carbocycles. The van der Waals surface area contributed by atoms with Crippen molar-refractivity contribution in [3.8, 4) is 6.07 Å². The van der Waals surface area contributed by atoms with Crippen LogP contribution in [0.25, 0.3) is 0 Å². The van der Waals surface area contributed by atoms with Crippen LogP contribution in [-0.4, -0.2) is 20.0 Å². The molecule has 0 aromatic carbocycles. The van der Waals surface area contributed by atoms with Gasteiger partial charge in [-0.15, -0.1) is 0 Å². The normalized spacial score (nSPS) is 9.90. The predicted octanol–water partition coefficient (Wildman–Crippen LogP) is -0.641. The molecule has 0 aromatic rings. The minimum Gasteiger partial charge on any atom is -0.393 e. The minimum atomic E-state index is -0.378. The molecule has 0 rings (SSSR count). The topological polar surface area (TPSA) is 64.9 Å². The monoisotopic (exact) mass is 139 g/mol. The standard InChI is InChI=1S/C6H9N3O/c1-8-4-5(3-7)6(10)9-2/h4,8H,1-2H3,(H,9,10)/b5-4-. The first kappa shape index (κ1) is 8.50. The maximum atomic E-state index is 10.7. The van der Waals surface area contributed by atoms with E-state index in [9.17, 15) is 4.79 Å². The summed E-state index contributed by atoms with van der Waals surface area (Å²) in [6, 6.07) is 1.74. The number of nitrogens with one attached hydrogen (secondary N) is 2. The van der Waals surface area contributed by atoms with Gasteiger partial charge in [0.05, 0.1) is 0 Å². The Labute approximate surface area is 59.5 Å². The van der Waals surface area contributed by atoms with Gasteiger partial charge < -0.3 is 10.6 Å². The third kappa shape index (κ3) is 2.18. The summed E-state index contributed by atoms with van der Waals surface area (Å²) in [5.41, 5.74) is 0.0741. The predicted molar refractivity (Wildman–Crippen MR) is 36.8 cm³/mol. The summed E-state index contributed by atoms with van der Waals surface area (Å²) in [5.74, 6) is -0.378. The zero-order valence-corrected chi connectivity index (χ0v) is 5.93. The minimum absolute atomic E-state index is 0.0741. The molecule has 0 saturated carbocycles. The highest BCUT2D eigenvalue weighted by molar-refractivity contribution is 5.96. The van der Waals surface area contributed by atoms with Gasteiger partial charge in [-0.2, -0.15) is 5.26 Å². The van der Waals surface area contributed by atoms with Gasteiger partial charge in [0.2, 0.25) is 0 Å². The van der Waals surface area contributed by atoms with Gasteiger partial charge in [-0.05, 0) is 0 Å². The van der Waals surface area contributed by atoms with Gasteiger partial charge in [0.1, 0.15) is 11.6 Å². The highest BCUT2D eigenvalue weighted by Gasteiger charge is 2.03. The molecule has 0 aliphatic rings. The summed E-state index contributed by atoms with van der Waals surface area (Å²) in [7, 11) is 3.10. The van der Waals surface area contributed by atoms with Gasteiger partial charge in [0.15, 0.2) is 0 Å². The number of hydrogen-bond donors (Lipinski definition) is 2. The molecule has 54 valence electrons. The zero-order valence-electron chi connectivity index (χ0n) is 5.93. The van der Waals surface area contributed by atoms with E-state index in [2.05, 4.69) is 10.6 Å². The largest absolute Gasteiger partial charge is 0.393 e. The van der Waals surface area contributed by atoms with Crippen LogP contribution < -0.4 is 10.6 Å². The first-order valence-electron chi connectivity index (χ1n) is 2.76. The van der Waals surface area contributed by atoms with Crippen LogP contribution in [0.5, 0.6) is 0 Å². The lowest BCUT2D eigenvalue weighted by molar-refractivity contribution is -0.116. The Hall–Kier alpha value is -1.50. The van der Waals surface area contributed by atoms with Gasteiger partial charge in [0, 0.05) is 20.3 Å². The van der Waals surface area contributed by atoms with Gasteiger partial charge in [-0.3, -0.25) is 4.79 Å². The van der Waals surface area contributed by atoms with E-state index in [0.717, 1.165) is 0 Å². The van der Waals surface area contributed by atoms with Crippen LogP contribution in [0.4, 0.5) is 0 Å². The number of hydrogen-bond acceptors (Lipinski definition) is 3. The molecule has 1 amide bonds. The van der Waals surface area contributed by atoms with Crippen molar-refractivity contribution in [1.29, 1.82) is 5.26 Å². The summed E-state index contributed by atoms with van der Waals surface area (Å²) < 4.78 is 0. The third-order valence-electron chi connectivity index (χ3n) is 0.881. The van der Waals surface area contributed by atoms with Crippen molar-refractivity contribution >= 4 is 5.91 Å². The Bertz CT molecular complexity index is 190. The van der Waals surface area contributed by atoms with Crippen molar-refractivity contribution in [3.05, 3.63) is 11.8 Å². The van der Waals surface area contributed by atoms with Crippen LogP contribution in [0.15, 0.2) is 11.8 Å². The smallest absolute Gasteiger partial charge is 0.263 e. The summed E-state index contributed by atoms with van der Waals surface area (Å²) in [6.07, 6.45) is 1.35. The van der Waals surface area contributed by atoms with Crippen molar-refractivity contribution in [2.75, 3.05) is 14.1 Å². The van der Waals surface area contributed by atoms with Crippen LogP contribution in [0.3, 0.4) is 0 Å². The van der Waals surface area contributed by atoms with E-state index in [-0.39, 0.29) is 11.5 Å². The Morgan fingerprint density at radius 3 is 2.50 bits per heavy atom. The van der Waals surface area contributed by atoms with Crippen LogP contribution in [0, 0.1) is 11.3 Å². The fourth-order valence-electron chi connectivity index (χ4n) is 0.428. The van der Waals surface area contributed by atoms with Crippen LogP contribution >= 0.6 is 0 Å². The molecule has 0 atom stereocenters. The second-order valence-electron chi connectivity index (χ2n) is 1.54. The van der Waals surface area contributed by atoms with Gasteiger partial charge >= 0.3 is 0 Å². The average Bonchev–Trinajstić information content (AvgIpc) is 1.99. The molecule has 2 N–H and O–H groups in total. The van der Waals surface area contributed by atoms with Crippen molar-refractivity contribution < 1.29 is 4.79 Å². The Morgan fingerprint density at radius 1 is 1.60 bits per heavy atom. The molecule has 0 bridgehead atoms. The first-order valence-corrected chi connectivity index (χ1v) is 2.76. The van der Waals surface area contributed by atoms with Crippen molar-refractivity contribution in [3.63, 3.8) is 0 Å². The number of rotatable bonds is 2. The molecule has 0 aliphatic heterocycles. The van der Waals surface area contributed by atoms with Gasteiger partial charge in [-0.1, -0.05) is 0 Å². The molecule has 0 unspecified atom stereocenters. The van der Waals surface area contributed by atoms with E-state index in [4.69, 9.17) is 5.26 Å². The second kappa shape index (κ2) is 4.39. The van der Waals surface area contributed by atoms with Gasteiger partial charge in [-0.25, -0.2) is 0 Å². The average molecular weight is 139 g/mol. The highest BCUT2D eigenvalue weighted by Crippen LogP contribution is 1.87. The quantitative estimate of drug-likeness (QED) is 0.395. The second-order valence-corrected chi connectivity index (χ2v) is 1.54. The molecule has 4 nitrogen and oxygen atoms in total. The van der Waals surface area contributed by atoms with E-state index in [0.29, 0.717) is 0 Å². The Morgan fingerprint density at radius 2 is 2.20 bits per heavy atom. The molecule has 0 radical (unpaired) electrons. The van der Waals surface area contributed by atoms with E-state index >= 15 is 0 Å². The lowest BCUT2D eigenvalue weighted by Crippen LogP contribution is -2.20. The summed E-state index contributed by atoms with van der Waals surface area (Å²) >= 11 is 0. The van der Waals surface area contributed by atoms with E-state index in [1.807, 2.05) is 0 Å². The molecule has 0 heterocycles. The van der Waals surface area contributed by atoms with Crippen LogP contribution in [0.1, 0.15) is 0 Å². The maximum absolute atomic E-state index is 10.7. The SMILES string of the molecule is CN/C=C(/C#N)C(=O)NC. The molecule has 10 heavy (non-hydrogen) atoms. The lowest BCUT2D eigenvalue weighted by atomic mass is 10.3. The van der Waals surface area contributed by atoms with E-state index in [1.54, 1.807) is 13.1 Å². The molecule has 0 spiro atoms. The fourth-order valence-corrected chi connectivity index (χ4v) is 0.428.